The molecule has 0 aromatic rings. The first-order valence-corrected chi connectivity index (χ1v) is 9.46. The monoisotopic (exact) mass is 448 g/mol. The lowest BCUT2D eigenvalue weighted by Crippen LogP contribution is -2.42. The van der Waals surface area contributed by atoms with Gasteiger partial charge in [0.15, 0.2) is 5.96 Å². The van der Waals surface area contributed by atoms with E-state index in [0.29, 0.717) is 17.9 Å². The van der Waals surface area contributed by atoms with Crippen molar-refractivity contribution in [1.29, 1.82) is 0 Å². The first kappa shape index (κ1) is 19.8. The van der Waals surface area contributed by atoms with Crippen LogP contribution in [0.25, 0.3) is 0 Å². The highest BCUT2D eigenvalue weighted by Crippen LogP contribution is 2.43. The molecule has 0 aromatic carbocycles. The Hall–Kier alpha value is -0.530. The number of nitrogens with zero attached hydrogens (tertiary/aromatic N) is 2. The van der Waals surface area contributed by atoms with Crippen LogP contribution in [0.15, 0.2) is 4.99 Å². The number of amides is 1. The van der Waals surface area contributed by atoms with Gasteiger partial charge in [-0.2, -0.15) is 0 Å². The van der Waals surface area contributed by atoms with Crippen LogP contribution in [0.2, 0.25) is 0 Å². The van der Waals surface area contributed by atoms with Gasteiger partial charge in [-0.3, -0.25) is 9.79 Å². The Morgan fingerprint density at radius 2 is 1.96 bits per heavy atom. The quantitative estimate of drug-likeness (QED) is 0.294. The van der Waals surface area contributed by atoms with Crippen molar-refractivity contribution < 1.29 is 4.79 Å². The number of guanidine groups is 1. The number of halogens is 1. The van der Waals surface area contributed by atoms with Crippen molar-refractivity contribution in [2.45, 2.75) is 70.3 Å². The molecule has 1 amide bonds. The van der Waals surface area contributed by atoms with Crippen LogP contribution >= 0.6 is 24.0 Å². The van der Waals surface area contributed by atoms with Gasteiger partial charge in [0.05, 0.1) is 0 Å². The average Bonchev–Trinajstić information content (AvgIpc) is 3.28. The number of aliphatic imine (C=N–C) groups is 1. The van der Waals surface area contributed by atoms with Crippen LogP contribution in [0.1, 0.15) is 64.2 Å². The Bertz CT molecular complexity index is 444. The number of carbonyl (C=O) groups is 1. The number of nitrogens with one attached hydrogen (secondary N) is 2. The molecule has 3 fully saturated rings. The molecule has 3 rings (SSSR count). The van der Waals surface area contributed by atoms with E-state index in [1.54, 1.807) is 0 Å². The molecule has 2 saturated carbocycles. The molecule has 1 spiro atoms. The molecule has 0 radical (unpaired) electrons. The maximum Gasteiger partial charge on any atom is 0.220 e. The SMILES string of the molecule is CN=C(NCCCC(=O)NC1CC1)N1CCC2(CCCCC2)C1.I. The maximum atomic E-state index is 11.7. The summed E-state index contributed by atoms with van der Waals surface area (Å²) in [6.45, 7) is 3.12. The molecule has 24 heavy (non-hydrogen) atoms. The van der Waals surface area contributed by atoms with Gasteiger partial charge in [-0.25, -0.2) is 0 Å². The average molecular weight is 448 g/mol. The Kier molecular flexibility index (Phi) is 7.62. The molecule has 3 aliphatic rings. The standard InChI is InChI=1S/C18H32N4O.HI/c1-19-17(20-12-5-6-16(23)21-15-7-8-15)22-13-11-18(14-22)9-3-2-4-10-18;/h15H,2-14H2,1H3,(H,19,20)(H,21,23);1H. The highest BCUT2D eigenvalue weighted by atomic mass is 127. The summed E-state index contributed by atoms with van der Waals surface area (Å²) < 4.78 is 0. The van der Waals surface area contributed by atoms with E-state index in [-0.39, 0.29) is 29.9 Å². The van der Waals surface area contributed by atoms with Gasteiger partial charge in [-0.15, -0.1) is 24.0 Å². The molecular formula is C18H33IN4O. The third-order valence-electron chi connectivity index (χ3n) is 5.67. The van der Waals surface area contributed by atoms with Crippen molar-refractivity contribution in [3.8, 4) is 0 Å². The van der Waals surface area contributed by atoms with E-state index >= 15 is 0 Å². The smallest absolute Gasteiger partial charge is 0.220 e. The van der Waals surface area contributed by atoms with Crippen molar-refractivity contribution >= 4 is 35.8 Å². The number of carbonyl (C=O) groups excluding carboxylic acids is 1. The van der Waals surface area contributed by atoms with Crippen LogP contribution in [0, 0.1) is 5.41 Å². The zero-order chi connectivity index (χ0) is 16.1. The summed E-state index contributed by atoms with van der Waals surface area (Å²) in [5.41, 5.74) is 0.556. The number of likely N-dealkylation sites (tertiary alicyclic amines) is 1. The minimum absolute atomic E-state index is 0. The van der Waals surface area contributed by atoms with Crippen LogP contribution < -0.4 is 10.6 Å². The maximum absolute atomic E-state index is 11.7. The molecule has 0 aromatic heterocycles. The highest BCUT2D eigenvalue weighted by Gasteiger charge is 2.39. The summed E-state index contributed by atoms with van der Waals surface area (Å²) in [6.07, 6.45) is 12.1. The molecule has 5 nitrogen and oxygen atoms in total. The molecule has 1 aliphatic heterocycles. The summed E-state index contributed by atoms with van der Waals surface area (Å²) in [7, 11) is 1.87. The lowest BCUT2D eigenvalue weighted by molar-refractivity contribution is -0.121. The van der Waals surface area contributed by atoms with Crippen LogP contribution in [0.4, 0.5) is 0 Å². The zero-order valence-corrected chi connectivity index (χ0v) is 17.3. The molecule has 1 heterocycles. The van der Waals surface area contributed by atoms with E-state index in [1.807, 2.05) is 7.05 Å². The molecular weight excluding hydrogens is 415 g/mol. The molecule has 0 unspecified atom stereocenters. The summed E-state index contributed by atoms with van der Waals surface area (Å²) in [5, 5.41) is 6.50. The van der Waals surface area contributed by atoms with Gasteiger partial charge in [0.2, 0.25) is 5.91 Å². The summed E-state index contributed by atoms with van der Waals surface area (Å²) >= 11 is 0. The summed E-state index contributed by atoms with van der Waals surface area (Å²) in [4.78, 5) is 18.6. The first-order valence-electron chi connectivity index (χ1n) is 9.46. The molecule has 138 valence electrons. The van der Waals surface area contributed by atoms with Gasteiger partial charge in [-0.1, -0.05) is 19.3 Å². The molecule has 6 heteroatoms. The van der Waals surface area contributed by atoms with Crippen molar-refractivity contribution in [2.24, 2.45) is 10.4 Å². The second kappa shape index (κ2) is 9.25. The van der Waals surface area contributed by atoms with Crippen LogP contribution in [0.3, 0.4) is 0 Å². The largest absolute Gasteiger partial charge is 0.356 e. The second-order valence-electron chi connectivity index (χ2n) is 7.65. The zero-order valence-electron chi connectivity index (χ0n) is 15.0. The first-order chi connectivity index (χ1) is 11.2. The fourth-order valence-electron chi connectivity index (χ4n) is 4.13. The van der Waals surface area contributed by atoms with E-state index < -0.39 is 0 Å². The predicted octanol–water partition coefficient (Wildman–Crippen LogP) is 2.89. The third-order valence-corrected chi connectivity index (χ3v) is 5.67. The van der Waals surface area contributed by atoms with Gasteiger partial charge in [0.25, 0.3) is 0 Å². The van der Waals surface area contributed by atoms with Crippen molar-refractivity contribution in [3.05, 3.63) is 0 Å². The van der Waals surface area contributed by atoms with E-state index in [2.05, 4.69) is 20.5 Å². The fourth-order valence-corrected chi connectivity index (χ4v) is 4.13. The topological polar surface area (TPSA) is 56.7 Å². The molecule has 1 saturated heterocycles. The normalized spacial score (nSPS) is 23.0. The third kappa shape index (κ3) is 5.49. The number of rotatable bonds is 5. The van der Waals surface area contributed by atoms with E-state index in [0.717, 1.165) is 44.9 Å². The minimum atomic E-state index is 0. The van der Waals surface area contributed by atoms with Crippen molar-refractivity contribution in [3.63, 3.8) is 0 Å². The van der Waals surface area contributed by atoms with Gasteiger partial charge in [0.1, 0.15) is 0 Å². The minimum Gasteiger partial charge on any atom is -0.356 e. The molecule has 2 N–H and O–H groups in total. The fraction of sp³-hybridized carbons (Fsp3) is 0.889. The van der Waals surface area contributed by atoms with E-state index in [4.69, 9.17) is 0 Å². The Balaban J connectivity index is 0.00000208. The van der Waals surface area contributed by atoms with Gasteiger partial charge < -0.3 is 15.5 Å². The van der Waals surface area contributed by atoms with Gasteiger partial charge in [-0.05, 0) is 43.9 Å². The molecule has 0 bridgehead atoms. The second-order valence-corrected chi connectivity index (χ2v) is 7.65. The van der Waals surface area contributed by atoms with Crippen LogP contribution in [-0.4, -0.2) is 49.5 Å². The number of hydrogen-bond acceptors (Lipinski definition) is 2. The van der Waals surface area contributed by atoms with Crippen molar-refractivity contribution in [1.82, 2.24) is 15.5 Å². The van der Waals surface area contributed by atoms with Crippen molar-refractivity contribution in [2.75, 3.05) is 26.7 Å². The van der Waals surface area contributed by atoms with Crippen LogP contribution in [0.5, 0.6) is 0 Å². The van der Waals surface area contributed by atoms with E-state index in [1.165, 1.54) is 38.5 Å². The lowest BCUT2D eigenvalue weighted by atomic mass is 9.73. The predicted molar refractivity (Wildman–Crippen MR) is 109 cm³/mol. The number of hydrogen-bond donors (Lipinski definition) is 2. The summed E-state index contributed by atoms with van der Waals surface area (Å²) in [6, 6.07) is 0.472. The Morgan fingerprint density at radius 1 is 1.21 bits per heavy atom. The van der Waals surface area contributed by atoms with Crippen LogP contribution in [-0.2, 0) is 4.79 Å². The molecule has 0 atom stereocenters. The molecule has 2 aliphatic carbocycles. The van der Waals surface area contributed by atoms with Gasteiger partial charge in [0, 0.05) is 39.1 Å². The van der Waals surface area contributed by atoms with Gasteiger partial charge >= 0.3 is 0 Å². The lowest BCUT2D eigenvalue weighted by Gasteiger charge is -2.33. The summed E-state index contributed by atoms with van der Waals surface area (Å²) in [5.74, 6) is 1.22. The Morgan fingerprint density at radius 3 is 2.62 bits per heavy atom. The Labute approximate surface area is 163 Å². The van der Waals surface area contributed by atoms with E-state index in [9.17, 15) is 4.79 Å². The highest BCUT2D eigenvalue weighted by molar-refractivity contribution is 14.0.